The lowest BCUT2D eigenvalue weighted by Gasteiger charge is -2.25. The molecular weight excluding hydrogens is 156 g/mol. The van der Waals surface area contributed by atoms with E-state index >= 15 is 0 Å². The van der Waals surface area contributed by atoms with Crippen molar-refractivity contribution in [2.45, 2.75) is 44.5 Å². The maximum absolute atomic E-state index is 9.43. The van der Waals surface area contributed by atoms with Crippen LogP contribution in [0.1, 0.15) is 26.2 Å². The van der Waals surface area contributed by atoms with Crippen molar-refractivity contribution in [1.29, 1.82) is 0 Å². The Morgan fingerprint density at radius 1 is 1.50 bits per heavy atom. The van der Waals surface area contributed by atoms with Gasteiger partial charge in [-0.15, -0.1) is 0 Å². The number of hydrogen-bond donors (Lipinski definition) is 3. The highest BCUT2D eigenvalue weighted by molar-refractivity contribution is 5.13. The van der Waals surface area contributed by atoms with Gasteiger partial charge in [0.25, 0.3) is 0 Å². The molecular formula is C9H16O3. The van der Waals surface area contributed by atoms with Gasteiger partial charge in [-0.1, -0.05) is 13.0 Å². The molecule has 0 aromatic rings. The predicted molar refractivity (Wildman–Crippen MR) is 45.6 cm³/mol. The molecule has 0 aromatic heterocycles. The molecule has 3 nitrogen and oxygen atoms in total. The van der Waals surface area contributed by atoms with Gasteiger partial charge in [0, 0.05) is 0 Å². The Bertz CT molecular complexity index is 177. The fourth-order valence-corrected chi connectivity index (χ4v) is 1.42. The highest BCUT2D eigenvalue weighted by atomic mass is 16.3. The lowest BCUT2D eigenvalue weighted by Crippen LogP contribution is -2.31. The number of aliphatic hydroxyl groups is 3. The maximum Gasteiger partial charge on any atom is 0.0840 e. The molecule has 0 heterocycles. The Balaban J connectivity index is 2.57. The minimum absolute atomic E-state index is 0.399. The Labute approximate surface area is 72.3 Å². The molecule has 0 aliphatic heterocycles. The van der Waals surface area contributed by atoms with Gasteiger partial charge in [-0.2, -0.15) is 0 Å². The molecule has 3 atom stereocenters. The van der Waals surface area contributed by atoms with E-state index in [2.05, 4.69) is 0 Å². The Hall–Kier alpha value is -0.380. The third-order valence-corrected chi connectivity index (χ3v) is 2.33. The first-order valence-corrected chi connectivity index (χ1v) is 4.38. The van der Waals surface area contributed by atoms with Crippen LogP contribution in [0.3, 0.4) is 0 Å². The largest absolute Gasteiger partial charge is 0.390 e. The van der Waals surface area contributed by atoms with Crippen molar-refractivity contribution in [2.24, 2.45) is 0 Å². The van der Waals surface area contributed by atoms with Crippen LogP contribution in [0.15, 0.2) is 11.6 Å². The second-order valence-corrected chi connectivity index (χ2v) is 3.28. The van der Waals surface area contributed by atoms with Gasteiger partial charge in [0.15, 0.2) is 0 Å². The summed E-state index contributed by atoms with van der Waals surface area (Å²) in [5, 5.41) is 27.9. The third kappa shape index (κ3) is 2.06. The zero-order chi connectivity index (χ0) is 9.14. The van der Waals surface area contributed by atoms with Crippen LogP contribution in [0.5, 0.6) is 0 Å². The van der Waals surface area contributed by atoms with Crippen molar-refractivity contribution < 1.29 is 15.3 Å². The second-order valence-electron chi connectivity index (χ2n) is 3.28. The topological polar surface area (TPSA) is 60.7 Å². The molecule has 0 bridgehead atoms. The molecule has 3 unspecified atom stereocenters. The summed E-state index contributed by atoms with van der Waals surface area (Å²) in [7, 11) is 0. The Kier molecular flexibility index (Phi) is 3.26. The molecule has 0 amide bonds. The molecule has 3 N–H and O–H groups in total. The summed E-state index contributed by atoms with van der Waals surface area (Å²) < 4.78 is 0. The van der Waals surface area contributed by atoms with E-state index in [1.165, 1.54) is 0 Å². The van der Waals surface area contributed by atoms with Gasteiger partial charge in [-0.25, -0.2) is 0 Å². The summed E-state index contributed by atoms with van der Waals surface area (Å²) in [6, 6.07) is 0. The summed E-state index contributed by atoms with van der Waals surface area (Å²) in [4.78, 5) is 0. The fraction of sp³-hybridized carbons (Fsp3) is 0.778. The van der Waals surface area contributed by atoms with Crippen LogP contribution in [0.2, 0.25) is 0 Å². The average molecular weight is 172 g/mol. The molecule has 0 spiro atoms. The van der Waals surface area contributed by atoms with Crippen molar-refractivity contribution in [1.82, 2.24) is 0 Å². The highest BCUT2D eigenvalue weighted by Gasteiger charge is 2.24. The molecule has 0 aromatic carbocycles. The van der Waals surface area contributed by atoms with E-state index in [0.717, 1.165) is 5.57 Å². The van der Waals surface area contributed by atoms with Crippen LogP contribution in [-0.4, -0.2) is 33.6 Å². The van der Waals surface area contributed by atoms with Gasteiger partial charge >= 0.3 is 0 Å². The fourth-order valence-electron chi connectivity index (χ4n) is 1.42. The summed E-state index contributed by atoms with van der Waals surface area (Å²) >= 11 is 0. The van der Waals surface area contributed by atoms with Gasteiger partial charge in [0.1, 0.15) is 0 Å². The van der Waals surface area contributed by atoms with Crippen LogP contribution >= 0.6 is 0 Å². The standard InChI is InChI=1S/C9H16O3/c1-2-7(10)6-3-4-8(11)9(12)5-6/h3,7-12H,2,4-5H2,1H3. The van der Waals surface area contributed by atoms with Crippen molar-refractivity contribution >= 4 is 0 Å². The summed E-state index contributed by atoms with van der Waals surface area (Å²) in [5.41, 5.74) is 0.857. The molecule has 1 rings (SSSR count). The normalized spacial score (nSPS) is 32.8. The van der Waals surface area contributed by atoms with E-state index in [0.29, 0.717) is 19.3 Å². The summed E-state index contributed by atoms with van der Waals surface area (Å²) in [6.07, 6.45) is 1.53. The van der Waals surface area contributed by atoms with Gasteiger partial charge in [-0.05, 0) is 24.8 Å². The number of hydrogen-bond acceptors (Lipinski definition) is 3. The second kappa shape index (κ2) is 4.03. The Morgan fingerprint density at radius 2 is 2.17 bits per heavy atom. The average Bonchev–Trinajstić information content (AvgIpc) is 2.08. The van der Waals surface area contributed by atoms with Crippen molar-refractivity contribution in [3.63, 3.8) is 0 Å². The third-order valence-electron chi connectivity index (χ3n) is 2.33. The molecule has 0 fully saturated rings. The van der Waals surface area contributed by atoms with E-state index < -0.39 is 18.3 Å². The number of aliphatic hydroxyl groups excluding tert-OH is 3. The summed E-state index contributed by atoms with van der Waals surface area (Å²) in [5.74, 6) is 0. The first kappa shape index (κ1) is 9.71. The van der Waals surface area contributed by atoms with E-state index in [1.807, 2.05) is 13.0 Å². The molecule has 12 heavy (non-hydrogen) atoms. The highest BCUT2D eigenvalue weighted by Crippen LogP contribution is 2.22. The molecule has 0 saturated carbocycles. The van der Waals surface area contributed by atoms with Crippen molar-refractivity contribution in [2.75, 3.05) is 0 Å². The zero-order valence-corrected chi connectivity index (χ0v) is 7.27. The van der Waals surface area contributed by atoms with Gasteiger partial charge in [0.2, 0.25) is 0 Å². The molecule has 1 aliphatic carbocycles. The lowest BCUT2D eigenvalue weighted by molar-refractivity contribution is 0.0117. The van der Waals surface area contributed by atoms with Crippen LogP contribution in [0.25, 0.3) is 0 Å². The van der Waals surface area contributed by atoms with Crippen LogP contribution in [0.4, 0.5) is 0 Å². The predicted octanol–water partition coefficient (Wildman–Crippen LogP) is 0.199. The first-order chi connectivity index (χ1) is 5.65. The monoisotopic (exact) mass is 172 g/mol. The smallest absolute Gasteiger partial charge is 0.0840 e. The van der Waals surface area contributed by atoms with E-state index in [9.17, 15) is 15.3 Å². The first-order valence-electron chi connectivity index (χ1n) is 4.38. The quantitative estimate of drug-likeness (QED) is 0.521. The van der Waals surface area contributed by atoms with Gasteiger partial charge < -0.3 is 15.3 Å². The maximum atomic E-state index is 9.43. The molecule has 3 heteroatoms. The minimum Gasteiger partial charge on any atom is -0.390 e. The number of rotatable bonds is 2. The minimum atomic E-state index is -0.703. The zero-order valence-electron chi connectivity index (χ0n) is 7.27. The van der Waals surface area contributed by atoms with E-state index in [-0.39, 0.29) is 0 Å². The van der Waals surface area contributed by atoms with Crippen molar-refractivity contribution in [3.05, 3.63) is 11.6 Å². The Morgan fingerprint density at radius 3 is 2.67 bits per heavy atom. The summed E-state index contributed by atoms with van der Waals surface area (Å²) in [6.45, 7) is 1.89. The van der Waals surface area contributed by atoms with Gasteiger partial charge in [0.05, 0.1) is 18.3 Å². The molecule has 0 saturated heterocycles. The lowest BCUT2D eigenvalue weighted by atomic mass is 9.90. The van der Waals surface area contributed by atoms with Crippen molar-refractivity contribution in [3.8, 4) is 0 Å². The molecule has 0 radical (unpaired) electrons. The van der Waals surface area contributed by atoms with Crippen LogP contribution in [0, 0.1) is 0 Å². The van der Waals surface area contributed by atoms with Gasteiger partial charge in [-0.3, -0.25) is 0 Å². The molecule has 70 valence electrons. The van der Waals surface area contributed by atoms with Crippen LogP contribution in [-0.2, 0) is 0 Å². The molecule has 1 aliphatic rings. The van der Waals surface area contributed by atoms with Crippen LogP contribution < -0.4 is 0 Å². The van der Waals surface area contributed by atoms with E-state index in [4.69, 9.17) is 0 Å². The van der Waals surface area contributed by atoms with E-state index in [1.54, 1.807) is 0 Å². The SMILES string of the molecule is CCC(O)C1=CCC(O)C(O)C1.